The standard InChI is InChI=1S/C37H64N2O32S/c1-10(44)38-19-12(46)3-37(36(58)59,71-31(19)22(51)14(48)5-41)63-8-17-23(52)26(55)27(56)34(66-17)69-30-18(9-64-72(60,61)62)67-33(20(25(30)54)39-11(2)45)70-32-24(53)16(7-43)65-35(28(32)57)68-29(15(49)6-42)21(50)13(47)4-40/h12-35,40-43,46-57H,3-9H2,1-2H3,(H,38,44)(H,39,45)(H,58,59)(H,60,61,62)/t12-,13-,14+,15+,16+,17+,18+,19+,20+,21+,22+,23-,24-,25+,26-,27+,28+,29+,30+,31+,32-,33-,34-,35-,37+/m0/s1. The van der Waals surface area contributed by atoms with E-state index in [2.05, 4.69) is 14.8 Å². The molecule has 2 amide bonds. The van der Waals surface area contributed by atoms with Gasteiger partial charge in [-0.1, -0.05) is 0 Å². The van der Waals surface area contributed by atoms with Gasteiger partial charge in [0.2, 0.25) is 11.8 Å². The van der Waals surface area contributed by atoms with E-state index in [-0.39, 0.29) is 0 Å². The molecule has 35 heteroatoms. The summed E-state index contributed by atoms with van der Waals surface area (Å²) in [5.41, 5.74) is 0. The maximum atomic E-state index is 12.7. The normalized spacial score (nSPS) is 40.3. The van der Waals surface area contributed by atoms with Gasteiger partial charge in [-0.05, 0) is 0 Å². The summed E-state index contributed by atoms with van der Waals surface area (Å²) in [5, 5.41) is 183. The molecule has 0 aromatic rings. The summed E-state index contributed by atoms with van der Waals surface area (Å²) in [6.07, 6.45) is -48.3. The minimum absolute atomic E-state index is 0.814. The van der Waals surface area contributed by atoms with Gasteiger partial charge < -0.3 is 135 Å². The van der Waals surface area contributed by atoms with Crippen molar-refractivity contribution in [1.82, 2.24) is 10.6 Å². The molecule has 0 radical (unpaired) electrons. The number of nitrogens with one attached hydrogen (secondary N) is 2. The number of aliphatic hydroxyl groups is 16. The van der Waals surface area contributed by atoms with E-state index >= 15 is 0 Å². The molecule has 420 valence electrons. The molecule has 0 aliphatic carbocycles. The molecule has 0 spiro atoms. The van der Waals surface area contributed by atoms with Crippen molar-refractivity contribution in [2.24, 2.45) is 0 Å². The largest absolute Gasteiger partial charge is 0.477 e. The molecule has 4 fully saturated rings. The fraction of sp³-hybridized carbons (Fsp3) is 0.919. The molecule has 4 rings (SSSR count). The number of amides is 2. The third kappa shape index (κ3) is 14.8. The molecule has 0 aromatic carbocycles. The maximum absolute atomic E-state index is 12.7. The van der Waals surface area contributed by atoms with Crippen LogP contribution in [0.25, 0.3) is 0 Å². The van der Waals surface area contributed by atoms with Gasteiger partial charge in [0.25, 0.3) is 5.79 Å². The van der Waals surface area contributed by atoms with Crippen molar-refractivity contribution >= 4 is 28.2 Å². The van der Waals surface area contributed by atoms with Gasteiger partial charge in [-0.15, -0.1) is 0 Å². The van der Waals surface area contributed by atoms with Crippen LogP contribution in [0.3, 0.4) is 0 Å². The summed E-state index contributed by atoms with van der Waals surface area (Å²) in [5.74, 6) is -6.86. The predicted octanol–water partition coefficient (Wildman–Crippen LogP) is -13.0. The van der Waals surface area contributed by atoms with Crippen molar-refractivity contribution in [3.8, 4) is 0 Å². The summed E-state index contributed by atoms with van der Waals surface area (Å²) in [7, 11) is -5.41. The molecule has 4 aliphatic heterocycles. The minimum atomic E-state index is -5.41. The Morgan fingerprint density at radius 3 is 1.75 bits per heavy atom. The van der Waals surface area contributed by atoms with Gasteiger partial charge in [-0.3, -0.25) is 14.1 Å². The minimum Gasteiger partial charge on any atom is -0.477 e. The van der Waals surface area contributed by atoms with E-state index in [9.17, 15) is 114 Å². The van der Waals surface area contributed by atoms with Crippen LogP contribution in [-0.2, 0) is 66.9 Å². The first-order valence-corrected chi connectivity index (χ1v) is 23.2. The summed E-state index contributed by atoms with van der Waals surface area (Å²) in [6.45, 7) is -5.15. The van der Waals surface area contributed by atoms with Crippen molar-refractivity contribution in [3.05, 3.63) is 0 Å². The Balaban J connectivity index is 1.66. The summed E-state index contributed by atoms with van der Waals surface area (Å²) >= 11 is 0. The molecule has 4 heterocycles. The predicted molar refractivity (Wildman–Crippen MR) is 220 cm³/mol. The monoisotopic (exact) mass is 1080 g/mol. The van der Waals surface area contributed by atoms with Crippen LogP contribution in [0.15, 0.2) is 0 Å². The Labute approximate surface area is 407 Å². The number of carbonyl (C=O) groups is 3. The van der Waals surface area contributed by atoms with E-state index < -0.39 is 227 Å². The van der Waals surface area contributed by atoms with Gasteiger partial charge in [-0.25, -0.2) is 8.98 Å². The van der Waals surface area contributed by atoms with Crippen LogP contribution >= 0.6 is 0 Å². The first kappa shape index (κ1) is 61.9. The first-order chi connectivity index (χ1) is 33.6. The van der Waals surface area contributed by atoms with E-state index in [1.54, 1.807) is 0 Å². The van der Waals surface area contributed by atoms with E-state index in [0.717, 1.165) is 13.8 Å². The van der Waals surface area contributed by atoms with Gasteiger partial charge in [0, 0.05) is 20.3 Å². The van der Waals surface area contributed by atoms with Crippen LogP contribution in [0.2, 0.25) is 0 Å². The van der Waals surface area contributed by atoms with E-state index in [1.807, 2.05) is 0 Å². The zero-order chi connectivity index (χ0) is 54.3. The number of hydrogen-bond donors (Lipinski definition) is 20. The first-order valence-electron chi connectivity index (χ1n) is 21.8. The fourth-order valence-electron chi connectivity index (χ4n) is 8.16. The van der Waals surface area contributed by atoms with E-state index in [1.165, 1.54) is 0 Å². The van der Waals surface area contributed by atoms with Crippen molar-refractivity contribution in [2.45, 2.75) is 173 Å². The number of carboxylic acids is 1. The molecule has 0 bridgehead atoms. The van der Waals surface area contributed by atoms with Crippen LogP contribution < -0.4 is 10.6 Å². The molecule has 4 saturated heterocycles. The molecule has 0 aromatic heterocycles. The topological polar surface area (TPSA) is 557 Å². The molecule has 34 nitrogen and oxygen atoms in total. The Hall–Kier alpha value is -2.68. The second-order valence-corrected chi connectivity index (χ2v) is 18.3. The molecule has 4 aliphatic rings. The van der Waals surface area contributed by atoms with Gasteiger partial charge >= 0.3 is 16.4 Å². The molecular formula is C37H64N2O32S. The molecule has 0 saturated carbocycles. The van der Waals surface area contributed by atoms with Crippen molar-refractivity contribution in [2.75, 3.05) is 39.6 Å². The smallest absolute Gasteiger partial charge is 0.397 e. The number of aliphatic carboxylic acids is 1. The maximum Gasteiger partial charge on any atom is 0.397 e. The van der Waals surface area contributed by atoms with E-state index in [0.29, 0.717) is 0 Å². The molecule has 25 atom stereocenters. The lowest BCUT2D eigenvalue weighted by Gasteiger charge is -2.50. The van der Waals surface area contributed by atoms with Crippen molar-refractivity contribution in [3.63, 3.8) is 0 Å². The Morgan fingerprint density at radius 2 is 1.21 bits per heavy atom. The number of hydrogen-bond acceptors (Lipinski definition) is 30. The number of ether oxygens (including phenoxy) is 8. The highest BCUT2D eigenvalue weighted by molar-refractivity contribution is 7.80. The average molecular weight is 1080 g/mol. The van der Waals surface area contributed by atoms with Crippen LogP contribution in [0.1, 0.15) is 20.3 Å². The van der Waals surface area contributed by atoms with Gasteiger partial charge in [0.05, 0.1) is 51.8 Å². The lowest BCUT2D eigenvalue weighted by atomic mass is 9.88. The number of rotatable bonds is 24. The second kappa shape index (κ2) is 26.4. The highest BCUT2D eigenvalue weighted by Gasteiger charge is 2.58. The zero-order valence-electron chi connectivity index (χ0n) is 38.0. The SMILES string of the molecule is CC(=O)N[C@H]1[C@H](O[C@H]2[C@@H](O)[C@@H](CO)O[C@@H](O[C@@H]([C@H](O)[C@@H](O)CO)[C@H](O)CO)[C@@H]2O)O[C@H](COS(=O)(=O)O)[C@@H](O[C@@H]2O[C@H](CO[C@]3(C(=O)O)C[C@H](O)[C@@H](NC(C)=O)[C@H]([C@H](O)[C@H](O)CO)O3)[C@H](O)[C@H](O)[C@H]2O)[C@@H]1O. The molecule has 20 N–H and O–H groups in total. The third-order valence-corrected chi connectivity index (χ3v) is 12.4. The summed E-state index contributed by atoms with van der Waals surface area (Å²) < 4.78 is 82.2. The average Bonchev–Trinajstić information content (AvgIpc) is 3.32. The number of carbonyl (C=O) groups excluding carboxylic acids is 2. The summed E-state index contributed by atoms with van der Waals surface area (Å²) in [4.78, 5) is 37.2. The van der Waals surface area contributed by atoms with Gasteiger partial charge in [0.1, 0.15) is 116 Å². The molecular weight excluding hydrogens is 1020 g/mol. The molecule has 0 unspecified atom stereocenters. The zero-order valence-corrected chi connectivity index (χ0v) is 38.8. The van der Waals surface area contributed by atoms with Gasteiger partial charge in [-0.2, -0.15) is 8.42 Å². The third-order valence-electron chi connectivity index (χ3n) is 11.9. The lowest BCUT2D eigenvalue weighted by Crippen LogP contribution is -2.70. The van der Waals surface area contributed by atoms with Crippen LogP contribution in [0, 0.1) is 0 Å². The number of carboxylic acid groups (broad SMARTS) is 1. The lowest BCUT2D eigenvalue weighted by molar-refractivity contribution is -0.375. The fourth-order valence-corrected chi connectivity index (χ4v) is 8.47. The number of aliphatic hydroxyl groups excluding tert-OH is 16. The van der Waals surface area contributed by atoms with Crippen LogP contribution in [-0.4, -0.2) is 310 Å². The highest BCUT2D eigenvalue weighted by atomic mass is 32.3. The van der Waals surface area contributed by atoms with Gasteiger partial charge in [0.15, 0.2) is 18.9 Å². The van der Waals surface area contributed by atoms with Crippen molar-refractivity contribution in [1.29, 1.82) is 0 Å². The van der Waals surface area contributed by atoms with E-state index in [4.69, 9.17) is 37.9 Å². The Bertz CT molecular complexity index is 1860. The summed E-state index contributed by atoms with van der Waals surface area (Å²) in [6, 6.07) is -3.62. The van der Waals surface area contributed by atoms with Crippen LogP contribution in [0.5, 0.6) is 0 Å². The second-order valence-electron chi connectivity index (χ2n) is 17.2. The molecule has 72 heavy (non-hydrogen) atoms. The van der Waals surface area contributed by atoms with Crippen LogP contribution in [0.4, 0.5) is 0 Å². The van der Waals surface area contributed by atoms with Crippen molar-refractivity contribution < 1.29 is 156 Å². The Kier molecular flexibility index (Phi) is 22.7. The quantitative estimate of drug-likeness (QED) is 0.0399. The highest BCUT2D eigenvalue weighted by Crippen LogP contribution is 2.37. The Morgan fingerprint density at radius 1 is 0.653 bits per heavy atom.